The summed E-state index contributed by atoms with van der Waals surface area (Å²) >= 11 is 0. The highest BCUT2D eigenvalue weighted by atomic mass is 31.2. The number of nitrogens with zero attached hydrogens (tertiary/aromatic N) is 2. The molecule has 4 aromatic carbocycles. The first-order valence-corrected chi connectivity index (χ1v) is 27.0. The summed E-state index contributed by atoms with van der Waals surface area (Å²) in [5, 5.41) is 6.29. The molecule has 0 spiro atoms. The Labute approximate surface area is 356 Å². The van der Waals surface area contributed by atoms with Crippen LogP contribution in [0.2, 0.25) is 0 Å². The van der Waals surface area contributed by atoms with Crippen molar-refractivity contribution in [3.8, 4) is 0 Å². The van der Waals surface area contributed by atoms with Gasteiger partial charge in [-0.25, -0.2) is 0 Å². The first kappa shape index (κ1) is 48.2. The third-order valence-corrected chi connectivity index (χ3v) is 22.4. The van der Waals surface area contributed by atoms with Gasteiger partial charge in [-0.15, -0.1) is 0 Å². The Morgan fingerprint density at radius 3 is 0.741 bits per heavy atom. The van der Waals surface area contributed by atoms with Crippen LogP contribution < -0.4 is 44.2 Å². The van der Waals surface area contributed by atoms with Crippen molar-refractivity contribution in [1.29, 1.82) is 0 Å². The molecule has 8 heteroatoms. The van der Waals surface area contributed by atoms with Gasteiger partial charge in [0, 0.05) is 38.5 Å². The Hall–Kier alpha value is -2.50. The Morgan fingerprint density at radius 2 is 0.517 bits per heavy atom. The van der Waals surface area contributed by atoms with Gasteiger partial charge in [-0.1, -0.05) is 72.8 Å². The second kappa shape index (κ2) is 26.0. The van der Waals surface area contributed by atoms with Crippen LogP contribution in [0.3, 0.4) is 0 Å². The minimum absolute atomic E-state index is 0.758. The maximum absolute atomic E-state index is 5.99. The van der Waals surface area contributed by atoms with E-state index in [9.17, 15) is 0 Å². The zero-order valence-electron chi connectivity index (χ0n) is 36.6. The molecular weight excluding hydrogens is 747 g/mol. The van der Waals surface area contributed by atoms with Gasteiger partial charge in [-0.2, -0.15) is 0 Å². The van der Waals surface area contributed by atoms with Crippen LogP contribution in [0.1, 0.15) is 64.2 Å². The Balaban J connectivity index is 1.59. The molecule has 0 saturated heterocycles. The van der Waals surface area contributed by atoms with Crippen molar-refractivity contribution in [2.45, 2.75) is 64.2 Å². The molecule has 0 atom stereocenters. The van der Waals surface area contributed by atoms with Gasteiger partial charge in [0.05, 0.1) is 114 Å². The fourth-order valence-corrected chi connectivity index (χ4v) is 18.6. The van der Waals surface area contributed by atoms with E-state index >= 15 is 0 Å². The van der Waals surface area contributed by atoms with E-state index in [2.05, 4.69) is 135 Å². The van der Waals surface area contributed by atoms with Crippen LogP contribution >= 0.6 is 14.5 Å². The Morgan fingerprint density at radius 1 is 0.310 bits per heavy atom. The van der Waals surface area contributed by atoms with Crippen LogP contribution in [-0.2, 0) is 0 Å². The van der Waals surface area contributed by atoms with E-state index < -0.39 is 14.5 Å². The smallest absolute Gasteiger partial charge is 0.0991 e. The van der Waals surface area contributed by atoms with Crippen LogP contribution in [-0.4, -0.2) is 113 Å². The first-order valence-electron chi connectivity index (χ1n) is 22.7. The molecule has 0 aromatic heterocycles. The second-order valence-corrected chi connectivity index (χ2v) is 25.2. The third kappa shape index (κ3) is 14.6. The van der Waals surface area contributed by atoms with E-state index in [-0.39, 0.29) is 0 Å². The van der Waals surface area contributed by atoms with Crippen molar-refractivity contribution in [3.05, 3.63) is 121 Å². The molecule has 0 aliphatic carbocycles. The Bertz CT molecular complexity index is 1410. The lowest BCUT2D eigenvalue weighted by molar-refractivity contribution is -0.910. The highest BCUT2D eigenvalue weighted by Gasteiger charge is 2.44. The molecule has 0 aliphatic rings. The summed E-state index contributed by atoms with van der Waals surface area (Å²) in [5.41, 5.74) is 24.0. The summed E-state index contributed by atoms with van der Waals surface area (Å²) in [7, 11) is 1.52. The molecule has 58 heavy (non-hydrogen) atoms. The van der Waals surface area contributed by atoms with E-state index in [0.717, 1.165) is 87.0 Å². The highest BCUT2D eigenvalue weighted by molar-refractivity contribution is 7.90. The van der Waals surface area contributed by atoms with Crippen molar-refractivity contribution in [1.82, 2.24) is 0 Å². The Kier molecular flexibility index (Phi) is 21.6. The van der Waals surface area contributed by atoms with Gasteiger partial charge in [0.2, 0.25) is 0 Å². The van der Waals surface area contributed by atoms with Gasteiger partial charge in [-0.05, 0) is 100 Å². The number of quaternary nitrogens is 2. The molecule has 0 radical (unpaired) electrons. The average Bonchev–Trinajstić information content (AvgIpc) is 3.28. The van der Waals surface area contributed by atoms with Gasteiger partial charge in [0.1, 0.15) is 0 Å². The van der Waals surface area contributed by atoms with Gasteiger partial charge in [0.15, 0.2) is 0 Å². The van der Waals surface area contributed by atoms with Crippen molar-refractivity contribution in [2.24, 2.45) is 22.9 Å². The van der Waals surface area contributed by atoms with Gasteiger partial charge in [0.25, 0.3) is 0 Å². The van der Waals surface area contributed by atoms with Crippen molar-refractivity contribution < 1.29 is 8.97 Å². The van der Waals surface area contributed by atoms with E-state index in [1.54, 1.807) is 21.2 Å². The first-order chi connectivity index (χ1) is 28.3. The SMILES string of the molecule is C[N+](CCCN)(CCCN)CCCC[P+](CCCC[P+](CCCC[N+](C)(CCCN)CCCN)(c1ccccc1)c1ccccc1)(c1ccccc1)c1ccccc1. The number of hydrogen-bond donors (Lipinski definition) is 4. The molecule has 0 heterocycles. The maximum atomic E-state index is 5.99. The van der Waals surface area contributed by atoms with Crippen LogP contribution in [0.4, 0.5) is 0 Å². The summed E-state index contributed by atoms with van der Waals surface area (Å²) in [6, 6.07) is 46.5. The summed E-state index contributed by atoms with van der Waals surface area (Å²) in [6.45, 7) is 9.99. The lowest BCUT2D eigenvalue weighted by atomic mass is 10.2. The predicted molar refractivity (Wildman–Crippen MR) is 262 cm³/mol. The van der Waals surface area contributed by atoms with Gasteiger partial charge >= 0.3 is 0 Å². The fourth-order valence-electron chi connectivity index (χ4n) is 9.48. The zero-order chi connectivity index (χ0) is 41.4. The molecule has 4 rings (SSSR count). The molecule has 0 aliphatic heterocycles. The van der Waals surface area contributed by atoms with Crippen molar-refractivity contribution in [3.63, 3.8) is 0 Å². The summed E-state index contributed by atoms with van der Waals surface area (Å²) in [6.07, 6.45) is 16.8. The summed E-state index contributed by atoms with van der Waals surface area (Å²) < 4.78 is 2.17. The van der Waals surface area contributed by atoms with E-state index in [1.807, 2.05) is 0 Å². The van der Waals surface area contributed by atoms with E-state index in [1.165, 1.54) is 76.3 Å². The standard InChI is InChI=1S/C50H82N6P2/c1-55(39-21-33-51,40-22-34-52)37-15-17-43-57(47-25-7-3-8-26-47,48-27-9-4-10-28-48)45-19-20-46-58(49-29-11-5-12-30-49,50-31-13-6-14-32-50)44-18-16-38-56(2,41-23-35-53)42-24-36-54/h3-14,25-32H,15-24,33-46,51-54H2,1-2H3/q+4. The molecule has 8 N–H and O–H groups in total. The van der Waals surface area contributed by atoms with E-state index in [0.29, 0.717) is 0 Å². The molecule has 4 aromatic rings. The third-order valence-electron chi connectivity index (χ3n) is 12.9. The number of hydrogen-bond acceptors (Lipinski definition) is 4. The predicted octanol–water partition coefficient (Wildman–Crippen LogP) is 6.95. The number of nitrogens with two attached hydrogens (primary N) is 4. The zero-order valence-corrected chi connectivity index (χ0v) is 38.4. The number of unbranched alkanes of at least 4 members (excludes halogenated alkanes) is 3. The van der Waals surface area contributed by atoms with Crippen LogP contribution in [0.15, 0.2) is 121 Å². The molecule has 0 bridgehead atoms. The maximum Gasteiger partial charge on any atom is 0.0991 e. The fraction of sp³-hybridized carbons (Fsp3) is 0.520. The summed E-state index contributed by atoms with van der Waals surface area (Å²) in [5.74, 6) is 0. The molecule has 0 saturated carbocycles. The summed E-state index contributed by atoms with van der Waals surface area (Å²) in [4.78, 5) is 0. The molecule has 0 amide bonds. The normalized spacial score (nSPS) is 12.6. The van der Waals surface area contributed by atoms with Gasteiger partial charge < -0.3 is 31.9 Å². The van der Waals surface area contributed by atoms with Gasteiger partial charge in [-0.3, -0.25) is 0 Å². The van der Waals surface area contributed by atoms with Crippen LogP contribution in [0, 0.1) is 0 Å². The number of benzene rings is 4. The molecule has 318 valence electrons. The quantitative estimate of drug-likeness (QED) is 0.0251. The lowest BCUT2D eigenvalue weighted by Crippen LogP contribution is -2.47. The average molecular weight is 829 g/mol. The van der Waals surface area contributed by atoms with E-state index in [4.69, 9.17) is 22.9 Å². The molecule has 0 unspecified atom stereocenters. The van der Waals surface area contributed by atoms with Crippen LogP contribution in [0.5, 0.6) is 0 Å². The minimum Gasteiger partial charge on any atom is -0.330 e. The minimum atomic E-state index is -1.67. The molecule has 0 fully saturated rings. The highest BCUT2D eigenvalue weighted by Crippen LogP contribution is 2.60. The molecule has 6 nitrogen and oxygen atoms in total. The number of rotatable bonds is 31. The monoisotopic (exact) mass is 829 g/mol. The molecular formula is C50H82N6P2+4. The second-order valence-electron chi connectivity index (χ2n) is 17.4. The van der Waals surface area contributed by atoms with Crippen LogP contribution in [0.25, 0.3) is 0 Å². The lowest BCUT2D eigenvalue weighted by Gasteiger charge is -2.35. The van der Waals surface area contributed by atoms with Crippen molar-refractivity contribution >= 4 is 35.7 Å². The van der Waals surface area contributed by atoms with Crippen molar-refractivity contribution in [2.75, 3.05) is 104 Å². The topological polar surface area (TPSA) is 104 Å². The largest absolute Gasteiger partial charge is 0.330 e.